The van der Waals surface area contributed by atoms with E-state index in [9.17, 15) is 9.90 Å². The number of rotatable bonds is 2. The maximum Gasteiger partial charge on any atom is 0.307 e. The van der Waals surface area contributed by atoms with Crippen molar-refractivity contribution in [3.63, 3.8) is 0 Å². The number of hydrogen-bond acceptors (Lipinski definition) is 2. The molecule has 0 aliphatic heterocycles. The van der Waals surface area contributed by atoms with E-state index < -0.39 is 5.97 Å². The molecule has 2 N–H and O–H groups in total. The van der Waals surface area contributed by atoms with Gasteiger partial charge in [-0.25, -0.2) is 0 Å². The molecule has 0 bridgehead atoms. The zero-order valence-electron chi connectivity index (χ0n) is 7.27. The van der Waals surface area contributed by atoms with Gasteiger partial charge in [-0.15, -0.1) is 0 Å². The second-order valence-electron chi connectivity index (χ2n) is 3.49. The lowest BCUT2D eigenvalue weighted by Gasteiger charge is -2.03. The molecule has 3 nitrogen and oxygen atoms in total. The quantitative estimate of drug-likeness (QED) is 0.854. The van der Waals surface area contributed by atoms with Crippen molar-refractivity contribution in [2.75, 3.05) is 0 Å². The fourth-order valence-electron chi connectivity index (χ4n) is 1.63. The summed E-state index contributed by atoms with van der Waals surface area (Å²) in [5.74, 6) is -0.948. The van der Waals surface area contributed by atoms with Crippen LogP contribution in [0, 0.1) is 5.92 Å². The van der Waals surface area contributed by atoms with Crippen molar-refractivity contribution < 1.29 is 15.0 Å². The molecule has 1 saturated carbocycles. The number of benzene rings is 1. The fourth-order valence-corrected chi connectivity index (χ4v) is 2.01. The summed E-state index contributed by atoms with van der Waals surface area (Å²) in [7, 11) is 0. The molecular weight excluding hydrogens is 248 g/mol. The van der Waals surface area contributed by atoms with Gasteiger partial charge in [-0.05, 0) is 30.2 Å². The van der Waals surface area contributed by atoms with Crippen LogP contribution < -0.4 is 0 Å². The smallest absolute Gasteiger partial charge is 0.307 e. The number of aromatic hydroxyl groups is 1. The number of carbonyl (C=O) groups is 1. The summed E-state index contributed by atoms with van der Waals surface area (Å²) in [6, 6.07) is 5.09. The first kappa shape index (κ1) is 9.52. The highest BCUT2D eigenvalue weighted by Gasteiger charge is 2.45. The first-order valence-corrected chi connectivity index (χ1v) is 5.10. The topological polar surface area (TPSA) is 57.5 Å². The molecule has 0 heterocycles. The van der Waals surface area contributed by atoms with Gasteiger partial charge in [-0.3, -0.25) is 4.79 Å². The lowest BCUT2D eigenvalue weighted by molar-refractivity contribution is -0.138. The highest BCUT2D eigenvalue weighted by Crippen LogP contribution is 2.50. The minimum Gasteiger partial charge on any atom is -0.508 e. The molecule has 1 fully saturated rings. The monoisotopic (exact) mass is 256 g/mol. The molecule has 14 heavy (non-hydrogen) atoms. The van der Waals surface area contributed by atoms with Crippen molar-refractivity contribution in [2.45, 2.75) is 12.3 Å². The Morgan fingerprint density at radius 2 is 2.21 bits per heavy atom. The lowest BCUT2D eigenvalue weighted by atomic mass is 10.1. The second-order valence-corrected chi connectivity index (χ2v) is 4.41. The zero-order chi connectivity index (χ0) is 10.3. The highest BCUT2D eigenvalue weighted by atomic mass is 79.9. The van der Waals surface area contributed by atoms with Gasteiger partial charge in [0.2, 0.25) is 0 Å². The summed E-state index contributed by atoms with van der Waals surface area (Å²) in [5, 5.41) is 18.3. The van der Waals surface area contributed by atoms with Crippen LogP contribution in [0.15, 0.2) is 22.7 Å². The number of phenolic OH excluding ortho intramolecular Hbond substituents is 1. The van der Waals surface area contributed by atoms with Crippen LogP contribution in [0.2, 0.25) is 0 Å². The number of halogens is 1. The molecular formula is C10H9BrO3. The highest BCUT2D eigenvalue weighted by molar-refractivity contribution is 9.10. The summed E-state index contributed by atoms with van der Waals surface area (Å²) in [6.45, 7) is 0. The van der Waals surface area contributed by atoms with Crippen LogP contribution in [0.25, 0.3) is 0 Å². The van der Waals surface area contributed by atoms with Gasteiger partial charge in [0.05, 0.1) is 5.92 Å². The summed E-state index contributed by atoms with van der Waals surface area (Å²) < 4.78 is 0.862. The lowest BCUT2D eigenvalue weighted by Crippen LogP contribution is -1.99. The molecule has 2 atom stereocenters. The molecule has 0 spiro atoms. The molecule has 1 aliphatic carbocycles. The van der Waals surface area contributed by atoms with E-state index in [1.54, 1.807) is 18.2 Å². The van der Waals surface area contributed by atoms with Crippen molar-refractivity contribution in [3.8, 4) is 5.75 Å². The Bertz CT molecular complexity index is 389. The molecule has 74 valence electrons. The van der Waals surface area contributed by atoms with Crippen LogP contribution in [-0.4, -0.2) is 16.2 Å². The van der Waals surface area contributed by atoms with E-state index in [4.69, 9.17) is 5.11 Å². The molecule has 2 rings (SSSR count). The standard InChI is InChI=1S/C10H9BrO3/c11-5-1-2-9(12)7(3-5)6-4-8(6)10(13)14/h1-3,6,8,12H,4H2,(H,13,14). The van der Waals surface area contributed by atoms with Crippen molar-refractivity contribution in [2.24, 2.45) is 5.92 Å². The predicted molar refractivity (Wildman–Crippen MR) is 54.3 cm³/mol. The van der Waals surface area contributed by atoms with E-state index in [2.05, 4.69) is 15.9 Å². The molecule has 4 heteroatoms. The Morgan fingerprint density at radius 1 is 1.50 bits per heavy atom. The van der Waals surface area contributed by atoms with Crippen molar-refractivity contribution in [1.82, 2.24) is 0 Å². The molecule has 1 aliphatic rings. The minimum atomic E-state index is -0.783. The van der Waals surface area contributed by atoms with Gasteiger partial charge in [0.1, 0.15) is 5.75 Å². The molecule has 0 aromatic heterocycles. The van der Waals surface area contributed by atoms with Crippen LogP contribution in [-0.2, 0) is 4.79 Å². The summed E-state index contributed by atoms with van der Waals surface area (Å²) in [6.07, 6.45) is 0.624. The third kappa shape index (κ3) is 1.62. The normalized spacial score (nSPS) is 24.6. The third-order valence-corrected chi connectivity index (χ3v) is 2.99. The van der Waals surface area contributed by atoms with E-state index in [1.165, 1.54) is 0 Å². The second kappa shape index (κ2) is 3.28. The van der Waals surface area contributed by atoms with Gasteiger partial charge in [0.15, 0.2) is 0 Å². The van der Waals surface area contributed by atoms with Gasteiger partial charge in [0.25, 0.3) is 0 Å². The number of carboxylic acid groups (broad SMARTS) is 1. The Morgan fingerprint density at radius 3 is 2.79 bits per heavy atom. The summed E-state index contributed by atoms with van der Waals surface area (Å²) >= 11 is 3.29. The Hall–Kier alpha value is -1.03. The largest absolute Gasteiger partial charge is 0.508 e. The first-order chi connectivity index (χ1) is 6.59. The Labute approximate surface area is 89.5 Å². The average Bonchev–Trinajstić information content (AvgIpc) is 2.88. The van der Waals surface area contributed by atoms with E-state index in [-0.39, 0.29) is 17.6 Å². The maximum atomic E-state index is 10.6. The Balaban J connectivity index is 2.26. The minimum absolute atomic E-state index is 0.0231. The average molecular weight is 257 g/mol. The summed E-state index contributed by atoms with van der Waals surface area (Å²) in [5.41, 5.74) is 0.728. The van der Waals surface area contributed by atoms with Crippen molar-refractivity contribution in [3.05, 3.63) is 28.2 Å². The molecule has 1 aromatic carbocycles. The van der Waals surface area contributed by atoms with Crippen LogP contribution >= 0.6 is 15.9 Å². The van der Waals surface area contributed by atoms with Crippen LogP contribution in [0.3, 0.4) is 0 Å². The first-order valence-electron chi connectivity index (χ1n) is 4.31. The van der Waals surface area contributed by atoms with Crippen LogP contribution in [0.1, 0.15) is 17.9 Å². The Kier molecular flexibility index (Phi) is 2.23. The van der Waals surface area contributed by atoms with Gasteiger partial charge in [0, 0.05) is 10.4 Å². The van der Waals surface area contributed by atoms with Gasteiger partial charge in [-0.2, -0.15) is 0 Å². The van der Waals surface area contributed by atoms with Gasteiger partial charge in [-0.1, -0.05) is 15.9 Å². The molecule has 0 radical (unpaired) electrons. The van der Waals surface area contributed by atoms with Crippen molar-refractivity contribution in [1.29, 1.82) is 0 Å². The number of hydrogen-bond donors (Lipinski definition) is 2. The fraction of sp³-hybridized carbons (Fsp3) is 0.300. The van der Waals surface area contributed by atoms with E-state index in [0.29, 0.717) is 6.42 Å². The third-order valence-electron chi connectivity index (χ3n) is 2.50. The molecule has 1 aromatic rings. The van der Waals surface area contributed by atoms with Crippen LogP contribution in [0.5, 0.6) is 5.75 Å². The number of phenols is 1. The van der Waals surface area contributed by atoms with E-state index in [1.807, 2.05) is 0 Å². The number of carboxylic acids is 1. The molecule has 2 unspecified atom stereocenters. The van der Waals surface area contributed by atoms with Crippen molar-refractivity contribution >= 4 is 21.9 Å². The van der Waals surface area contributed by atoms with E-state index in [0.717, 1.165) is 10.0 Å². The predicted octanol–water partition coefficient (Wildman–Crippen LogP) is 2.34. The van der Waals surface area contributed by atoms with Gasteiger partial charge >= 0.3 is 5.97 Å². The summed E-state index contributed by atoms with van der Waals surface area (Å²) in [4.78, 5) is 10.6. The zero-order valence-corrected chi connectivity index (χ0v) is 8.86. The molecule has 0 amide bonds. The SMILES string of the molecule is O=C(O)C1CC1c1cc(Br)ccc1O. The van der Waals surface area contributed by atoms with E-state index >= 15 is 0 Å². The number of aliphatic carboxylic acids is 1. The molecule has 0 saturated heterocycles. The van der Waals surface area contributed by atoms with Crippen LogP contribution in [0.4, 0.5) is 0 Å². The maximum absolute atomic E-state index is 10.6. The van der Waals surface area contributed by atoms with Gasteiger partial charge < -0.3 is 10.2 Å².